The first kappa shape index (κ1) is 20.9. The summed E-state index contributed by atoms with van der Waals surface area (Å²) < 4.78 is 13.1. The number of nitrogens with two attached hydrogens (primary N) is 2. The molecule has 0 saturated heterocycles. The van der Waals surface area contributed by atoms with E-state index in [4.69, 9.17) is 11.5 Å². The Balaban J connectivity index is 1.62. The number of fused-ring (bicyclic) bond motifs is 1. The number of rotatable bonds is 5. The van der Waals surface area contributed by atoms with Gasteiger partial charge in [-0.2, -0.15) is 0 Å². The Morgan fingerprint density at radius 3 is 2.38 bits per heavy atom. The number of anilines is 1. The third-order valence-corrected chi connectivity index (χ3v) is 4.92. The van der Waals surface area contributed by atoms with Crippen molar-refractivity contribution in [2.24, 2.45) is 16.5 Å². The van der Waals surface area contributed by atoms with E-state index < -0.39 is 6.17 Å². The quantitative estimate of drug-likeness (QED) is 0.469. The van der Waals surface area contributed by atoms with E-state index >= 15 is 0 Å². The largest absolute Gasteiger partial charge is 0.398 e. The minimum atomic E-state index is -0.950. The standard InChI is InChI=1S/C25H22FN5O/c26-18-12-10-16(11-13-18)20(27)14-15-22(28)30-24-25(32)29-21-9-5-4-8-19(21)23(31-24)17-6-2-1-3-7-17/h1-15,24,30H,27-28H2,(H,29,32)/b20-14-,22-15+. The van der Waals surface area contributed by atoms with Gasteiger partial charge in [-0.3, -0.25) is 4.79 Å². The maximum atomic E-state index is 13.1. The number of amides is 1. The molecule has 6 N–H and O–H groups in total. The second kappa shape index (κ2) is 9.18. The zero-order valence-electron chi connectivity index (χ0n) is 17.1. The lowest BCUT2D eigenvalue weighted by Crippen LogP contribution is -2.40. The summed E-state index contributed by atoms with van der Waals surface area (Å²) in [5.74, 6) is -0.474. The summed E-state index contributed by atoms with van der Waals surface area (Å²) in [5, 5.41) is 5.84. The van der Waals surface area contributed by atoms with Gasteiger partial charge in [0, 0.05) is 16.8 Å². The summed E-state index contributed by atoms with van der Waals surface area (Å²) in [6.07, 6.45) is 2.18. The molecule has 7 heteroatoms. The normalized spacial score (nSPS) is 16.5. The number of para-hydroxylation sites is 1. The monoisotopic (exact) mass is 427 g/mol. The van der Waals surface area contributed by atoms with E-state index in [2.05, 4.69) is 15.6 Å². The van der Waals surface area contributed by atoms with Gasteiger partial charge in [-0.05, 0) is 35.9 Å². The Morgan fingerprint density at radius 1 is 0.938 bits per heavy atom. The van der Waals surface area contributed by atoms with Crippen molar-refractivity contribution in [2.45, 2.75) is 6.17 Å². The molecule has 0 aliphatic carbocycles. The topological polar surface area (TPSA) is 106 Å². The molecule has 1 unspecified atom stereocenters. The molecule has 1 aliphatic heterocycles. The average Bonchev–Trinajstić information content (AvgIpc) is 2.95. The minimum absolute atomic E-state index is 0.206. The van der Waals surface area contributed by atoms with Crippen LogP contribution in [0.25, 0.3) is 5.70 Å². The van der Waals surface area contributed by atoms with E-state index in [9.17, 15) is 9.18 Å². The molecule has 3 aromatic carbocycles. The van der Waals surface area contributed by atoms with Crippen LogP contribution in [-0.4, -0.2) is 17.8 Å². The first-order chi connectivity index (χ1) is 15.5. The molecule has 0 fully saturated rings. The Kier molecular flexibility index (Phi) is 5.98. The fourth-order valence-electron chi connectivity index (χ4n) is 3.30. The van der Waals surface area contributed by atoms with Crippen LogP contribution in [-0.2, 0) is 4.79 Å². The summed E-state index contributed by atoms with van der Waals surface area (Å²) in [7, 11) is 0. The highest BCUT2D eigenvalue weighted by Crippen LogP contribution is 2.23. The molecule has 1 aliphatic rings. The van der Waals surface area contributed by atoms with Crippen molar-refractivity contribution in [3.05, 3.63) is 119 Å². The molecule has 4 rings (SSSR count). The molecule has 1 heterocycles. The maximum Gasteiger partial charge on any atom is 0.269 e. The molecule has 0 radical (unpaired) electrons. The molecule has 0 bridgehead atoms. The van der Waals surface area contributed by atoms with Crippen molar-refractivity contribution < 1.29 is 9.18 Å². The molecule has 6 nitrogen and oxygen atoms in total. The second-order valence-corrected chi connectivity index (χ2v) is 7.18. The van der Waals surface area contributed by atoms with Crippen molar-refractivity contribution >= 4 is 23.0 Å². The van der Waals surface area contributed by atoms with E-state index in [0.717, 1.165) is 11.1 Å². The number of nitrogens with one attached hydrogen (secondary N) is 2. The van der Waals surface area contributed by atoms with Crippen LogP contribution >= 0.6 is 0 Å². The van der Waals surface area contributed by atoms with Crippen LogP contribution in [0.5, 0.6) is 0 Å². The number of halogens is 1. The number of hydrogen-bond donors (Lipinski definition) is 4. The van der Waals surface area contributed by atoms with Gasteiger partial charge in [0.2, 0.25) is 6.17 Å². The van der Waals surface area contributed by atoms with Gasteiger partial charge in [-0.15, -0.1) is 0 Å². The van der Waals surface area contributed by atoms with Gasteiger partial charge in [0.1, 0.15) is 5.82 Å². The molecule has 1 atom stereocenters. The Hall–Kier alpha value is -4.39. The van der Waals surface area contributed by atoms with Crippen molar-refractivity contribution in [1.82, 2.24) is 5.32 Å². The third-order valence-electron chi connectivity index (χ3n) is 4.92. The number of benzodiazepines with no additional fused rings is 1. The third kappa shape index (κ3) is 4.67. The van der Waals surface area contributed by atoms with E-state index in [1.54, 1.807) is 24.3 Å². The van der Waals surface area contributed by atoms with Crippen molar-refractivity contribution in [3.8, 4) is 0 Å². The van der Waals surface area contributed by atoms with Crippen LogP contribution in [0.2, 0.25) is 0 Å². The van der Waals surface area contributed by atoms with Crippen LogP contribution in [0, 0.1) is 5.82 Å². The fraction of sp³-hybridized carbons (Fsp3) is 0.0400. The highest BCUT2D eigenvalue weighted by molar-refractivity contribution is 6.19. The molecular weight excluding hydrogens is 405 g/mol. The zero-order valence-corrected chi connectivity index (χ0v) is 17.1. The Bertz CT molecular complexity index is 1220. The number of allylic oxidation sites excluding steroid dienone is 2. The Morgan fingerprint density at radius 2 is 1.62 bits per heavy atom. The lowest BCUT2D eigenvalue weighted by Gasteiger charge is -2.14. The highest BCUT2D eigenvalue weighted by Gasteiger charge is 2.25. The van der Waals surface area contributed by atoms with Gasteiger partial charge in [0.15, 0.2) is 0 Å². The van der Waals surface area contributed by atoms with E-state index in [1.807, 2.05) is 54.6 Å². The molecule has 3 aromatic rings. The molecule has 0 spiro atoms. The Labute approximate surface area is 185 Å². The van der Waals surface area contributed by atoms with Gasteiger partial charge in [0.25, 0.3) is 5.91 Å². The van der Waals surface area contributed by atoms with E-state index in [0.29, 0.717) is 22.7 Å². The second-order valence-electron chi connectivity index (χ2n) is 7.18. The highest BCUT2D eigenvalue weighted by atomic mass is 19.1. The first-order valence-corrected chi connectivity index (χ1v) is 10.00. The van der Waals surface area contributed by atoms with Crippen LogP contribution in [0.3, 0.4) is 0 Å². The molecule has 0 saturated carbocycles. The lowest BCUT2D eigenvalue weighted by atomic mass is 10.0. The zero-order chi connectivity index (χ0) is 22.5. The van der Waals surface area contributed by atoms with Crippen molar-refractivity contribution in [2.75, 3.05) is 5.32 Å². The SMILES string of the molecule is N/C(=C\C=C(/N)NC1N=C(c2ccccc2)c2ccccc2NC1=O)c1ccc(F)cc1. The molecular formula is C25H22FN5O. The first-order valence-electron chi connectivity index (χ1n) is 10.00. The van der Waals surface area contributed by atoms with E-state index in [1.165, 1.54) is 12.1 Å². The van der Waals surface area contributed by atoms with Crippen LogP contribution < -0.4 is 22.1 Å². The summed E-state index contributed by atoms with van der Waals surface area (Å²) in [4.78, 5) is 17.5. The van der Waals surface area contributed by atoms with E-state index in [-0.39, 0.29) is 17.5 Å². The van der Waals surface area contributed by atoms with Crippen LogP contribution in [0.1, 0.15) is 16.7 Å². The average molecular weight is 427 g/mol. The van der Waals surface area contributed by atoms with Crippen molar-refractivity contribution in [3.63, 3.8) is 0 Å². The lowest BCUT2D eigenvalue weighted by molar-refractivity contribution is -0.117. The summed E-state index contributed by atoms with van der Waals surface area (Å²) in [6.45, 7) is 0. The maximum absolute atomic E-state index is 13.1. The summed E-state index contributed by atoms with van der Waals surface area (Å²) in [6, 6.07) is 22.9. The number of carbonyl (C=O) groups is 1. The van der Waals surface area contributed by atoms with Crippen molar-refractivity contribution in [1.29, 1.82) is 0 Å². The summed E-state index contributed by atoms with van der Waals surface area (Å²) >= 11 is 0. The smallest absolute Gasteiger partial charge is 0.269 e. The minimum Gasteiger partial charge on any atom is -0.398 e. The van der Waals surface area contributed by atoms with Gasteiger partial charge in [-0.1, -0.05) is 60.7 Å². The number of aliphatic imine (C=N–C) groups is 1. The predicted octanol–water partition coefficient (Wildman–Crippen LogP) is 3.33. The van der Waals surface area contributed by atoms with Gasteiger partial charge < -0.3 is 22.1 Å². The van der Waals surface area contributed by atoms with Gasteiger partial charge in [0.05, 0.1) is 17.2 Å². The van der Waals surface area contributed by atoms with Gasteiger partial charge in [-0.25, -0.2) is 9.38 Å². The molecule has 0 aromatic heterocycles. The van der Waals surface area contributed by atoms with Crippen LogP contribution in [0.15, 0.2) is 102 Å². The summed E-state index contributed by atoms with van der Waals surface area (Å²) in [5.41, 5.74) is 16.2. The van der Waals surface area contributed by atoms with Gasteiger partial charge >= 0.3 is 0 Å². The predicted molar refractivity (Wildman–Crippen MR) is 125 cm³/mol. The number of benzene rings is 3. The number of carbonyl (C=O) groups excluding carboxylic acids is 1. The molecule has 32 heavy (non-hydrogen) atoms. The van der Waals surface area contributed by atoms with Crippen LogP contribution in [0.4, 0.5) is 10.1 Å². The fourth-order valence-corrected chi connectivity index (χ4v) is 3.30. The molecule has 160 valence electrons. The number of nitrogens with zero attached hydrogens (tertiary/aromatic N) is 1. The molecule has 1 amide bonds. The number of hydrogen-bond acceptors (Lipinski definition) is 5.